The summed E-state index contributed by atoms with van der Waals surface area (Å²) in [6, 6.07) is 23.4. The molecule has 0 aliphatic rings. The van der Waals surface area contributed by atoms with E-state index in [0.717, 1.165) is 11.1 Å². The molecule has 25 heavy (non-hydrogen) atoms. The lowest BCUT2D eigenvalue weighted by atomic mass is 9.95. The third-order valence-corrected chi connectivity index (χ3v) is 4.39. The first-order valence-corrected chi connectivity index (χ1v) is 7.97. The summed E-state index contributed by atoms with van der Waals surface area (Å²) in [5.74, 6) is 0.385. The van der Waals surface area contributed by atoms with Crippen molar-refractivity contribution in [1.29, 1.82) is 0 Å². The molecule has 0 fully saturated rings. The summed E-state index contributed by atoms with van der Waals surface area (Å²) in [6.45, 7) is 0. The zero-order valence-corrected chi connectivity index (χ0v) is 13.3. The molecule has 0 spiro atoms. The number of hydrogen-bond acceptors (Lipinski definition) is 3. The molecular formula is C22H16O3. The van der Waals surface area contributed by atoms with Crippen molar-refractivity contribution in [3.8, 4) is 39.5 Å². The van der Waals surface area contributed by atoms with E-state index in [2.05, 4.69) is 0 Å². The summed E-state index contributed by atoms with van der Waals surface area (Å²) in [6.07, 6.45) is 0. The molecule has 0 saturated heterocycles. The van der Waals surface area contributed by atoms with Gasteiger partial charge in [-0.3, -0.25) is 0 Å². The van der Waals surface area contributed by atoms with Crippen LogP contribution in [0.15, 0.2) is 78.9 Å². The Balaban J connectivity index is 1.94. The smallest absolute Gasteiger partial charge is 0.131 e. The van der Waals surface area contributed by atoms with Crippen molar-refractivity contribution < 1.29 is 15.3 Å². The molecule has 0 heterocycles. The van der Waals surface area contributed by atoms with Crippen LogP contribution in [0.4, 0.5) is 0 Å². The normalized spacial score (nSPS) is 10.9. The van der Waals surface area contributed by atoms with Crippen molar-refractivity contribution in [3.63, 3.8) is 0 Å². The molecule has 3 N–H and O–H groups in total. The second-order valence-electron chi connectivity index (χ2n) is 5.94. The van der Waals surface area contributed by atoms with Crippen LogP contribution < -0.4 is 0 Å². The minimum absolute atomic E-state index is 0.109. The Morgan fingerprint density at radius 2 is 1.16 bits per heavy atom. The van der Waals surface area contributed by atoms with Gasteiger partial charge in [0.25, 0.3) is 0 Å². The first kappa shape index (κ1) is 15.1. The van der Waals surface area contributed by atoms with Gasteiger partial charge in [-0.2, -0.15) is 0 Å². The van der Waals surface area contributed by atoms with Crippen LogP contribution in [-0.4, -0.2) is 15.3 Å². The molecule has 3 heteroatoms. The lowest BCUT2D eigenvalue weighted by Gasteiger charge is -2.12. The zero-order valence-electron chi connectivity index (χ0n) is 13.3. The van der Waals surface area contributed by atoms with Gasteiger partial charge in [-0.1, -0.05) is 60.7 Å². The summed E-state index contributed by atoms with van der Waals surface area (Å²) in [4.78, 5) is 0. The molecule has 122 valence electrons. The SMILES string of the molecule is Oc1ccc(-c2cc(O)c3ccccc3c2O)cc1-c1ccccc1. The van der Waals surface area contributed by atoms with E-state index in [4.69, 9.17) is 0 Å². The first-order chi connectivity index (χ1) is 12.1. The number of hydrogen-bond donors (Lipinski definition) is 3. The largest absolute Gasteiger partial charge is 0.507 e. The van der Waals surface area contributed by atoms with Crippen molar-refractivity contribution >= 4 is 10.8 Å². The molecule has 0 aliphatic carbocycles. The van der Waals surface area contributed by atoms with Gasteiger partial charge < -0.3 is 15.3 Å². The van der Waals surface area contributed by atoms with Crippen LogP contribution in [0.5, 0.6) is 17.2 Å². The van der Waals surface area contributed by atoms with Gasteiger partial charge in [0.15, 0.2) is 0 Å². The monoisotopic (exact) mass is 328 g/mol. The highest BCUT2D eigenvalue weighted by Crippen LogP contribution is 2.42. The molecule has 4 aromatic carbocycles. The van der Waals surface area contributed by atoms with Gasteiger partial charge in [0.05, 0.1) is 0 Å². The molecule has 0 aromatic heterocycles. The van der Waals surface area contributed by atoms with E-state index in [0.29, 0.717) is 21.9 Å². The van der Waals surface area contributed by atoms with E-state index < -0.39 is 0 Å². The summed E-state index contributed by atoms with van der Waals surface area (Å²) < 4.78 is 0. The minimum Gasteiger partial charge on any atom is -0.507 e. The van der Waals surface area contributed by atoms with Crippen molar-refractivity contribution in [2.75, 3.05) is 0 Å². The Hall–Kier alpha value is -3.46. The topological polar surface area (TPSA) is 60.7 Å². The lowest BCUT2D eigenvalue weighted by molar-refractivity contribution is 0.471. The van der Waals surface area contributed by atoms with Crippen LogP contribution in [0.2, 0.25) is 0 Å². The second kappa shape index (κ2) is 5.87. The number of phenols is 3. The molecule has 0 bridgehead atoms. The maximum atomic E-state index is 10.7. The van der Waals surface area contributed by atoms with E-state index in [1.807, 2.05) is 48.5 Å². The summed E-state index contributed by atoms with van der Waals surface area (Å²) in [5.41, 5.74) is 2.79. The molecule has 0 saturated carbocycles. The standard InChI is InChI=1S/C22H16O3/c23-20-11-10-15(12-18(20)14-6-2-1-3-7-14)19-13-21(24)16-8-4-5-9-17(16)22(19)25/h1-13,23-25H. The summed E-state index contributed by atoms with van der Waals surface area (Å²) in [7, 11) is 0. The van der Waals surface area contributed by atoms with Crippen LogP contribution in [-0.2, 0) is 0 Å². The number of fused-ring (bicyclic) bond motifs is 1. The van der Waals surface area contributed by atoms with E-state index in [-0.39, 0.29) is 17.2 Å². The fourth-order valence-electron chi connectivity index (χ4n) is 3.11. The first-order valence-electron chi connectivity index (χ1n) is 7.97. The lowest BCUT2D eigenvalue weighted by Crippen LogP contribution is -1.85. The Labute approximate surface area is 145 Å². The third kappa shape index (κ3) is 2.56. The molecule has 0 unspecified atom stereocenters. The predicted octanol–water partition coefficient (Wildman–Crippen LogP) is 5.29. The number of benzene rings is 4. The average Bonchev–Trinajstić information content (AvgIpc) is 2.66. The van der Waals surface area contributed by atoms with E-state index in [1.54, 1.807) is 30.3 Å². The maximum absolute atomic E-state index is 10.7. The van der Waals surface area contributed by atoms with E-state index >= 15 is 0 Å². The Kier molecular flexibility index (Phi) is 3.55. The van der Waals surface area contributed by atoms with Crippen molar-refractivity contribution in [1.82, 2.24) is 0 Å². The van der Waals surface area contributed by atoms with Gasteiger partial charge >= 0.3 is 0 Å². The summed E-state index contributed by atoms with van der Waals surface area (Å²) >= 11 is 0. The van der Waals surface area contributed by atoms with Crippen LogP contribution in [0.1, 0.15) is 0 Å². The zero-order chi connectivity index (χ0) is 17.4. The fraction of sp³-hybridized carbons (Fsp3) is 0. The van der Waals surface area contributed by atoms with Crippen LogP contribution in [0.25, 0.3) is 33.0 Å². The van der Waals surface area contributed by atoms with Crippen LogP contribution >= 0.6 is 0 Å². The number of phenolic OH excluding ortho intramolecular Hbond substituents is 3. The predicted molar refractivity (Wildman–Crippen MR) is 99.8 cm³/mol. The van der Waals surface area contributed by atoms with Crippen LogP contribution in [0.3, 0.4) is 0 Å². The quantitative estimate of drug-likeness (QED) is 0.438. The summed E-state index contributed by atoms with van der Waals surface area (Å²) in [5, 5.41) is 32.4. The van der Waals surface area contributed by atoms with E-state index in [1.165, 1.54) is 0 Å². The molecule has 0 aliphatic heterocycles. The van der Waals surface area contributed by atoms with Gasteiger partial charge in [0, 0.05) is 21.9 Å². The Bertz CT molecular complexity index is 1070. The highest BCUT2D eigenvalue weighted by Gasteiger charge is 2.14. The minimum atomic E-state index is 0.109. The van der Waals surface area contributed by atoms with Gasteiger partial charge in [-0.05, 0) is 29.3 Å². The van der Waals surface area contributed by atoms with E-state index in [9.17, 15) is 15.3 Å². The molecule has 4 aromatic rings. The molecular weight excluding hydrogens is 312 g/mol. The molecule has 0 amide bonds. The Morgan fingerprint density at radius 3 is 1.92 bits per heavy atom. The van der Waals surface area contributed by atoms with Crippen LogP contribution in [0, 0.1) is 0 Å². The number of rotatable bonds is 2. The van der Waals surface area contributed by atoms with Gasteiger partial charge in [-0.25, -0.2) is 0 Å². The molecule has 4 rings (SSSR count). The van der Waals surface area contributed by atoms with Gasteiger partial charge in [-0.15, -0.1) is 0 Å². The molecule has 0 radical (unpaired) electrons. The van der Waals surface area contributed by atoms with Gasteiger partial charge in [0.2, 0.25) is 0 Å². The average molecular weight is 328 g/mol. The van der Waals surface area contributed by atoms with Gasteiger partial charge in [0.1, 0.15) is 17.2 Å². The maximum Gasteiger partial charge on any atom is 0.131 e. The highest BCUT2D eigenvalue weighted by molar-refractivity contribution is 5.99. The highest BCUT2D eigenvalue weighted by atomic mass is 16.3. The fourth-order valence-corrected chi connectivity index (χ4v) is 3.11. The molecule has 3 nitrogen and oxygen atoms in total. The Morgan fingerprint density at radius 1 is 0.480 bits per heavy atom. The second-order valence-corrected chi connectivity index (χ2v) is 5.94. The molecule has 0 atom stereocenters. The van der Waals surface area contributed by atoms with Crippen molar-refractivity contribution in [2.24, 2.45) is 0 Å². The number of aromatic hydroxyl groups is 3. The van der Waals surface area contributed by atoms with Crippen molar-refractivity contribution in [2.45, 2.75) is 0 Å². The third-order valence-electron chi connectivity index (χ3n) is 4.39. The van der Waals surface area contributed by atoms with Crippen molar-refractivity contribution in [3.05, 3.63) is 78.9 Å².